The second-order valence-corrected chi connectivity index (χ2v) is 5.66. The summed E-state index contributed by atoms with van der Waals surface area (Å²) in [6.07, 6.45) is 2.71. The lowest BCUT2D eigenvalue weighted by atomic mass is 10.1. The van der Waals surface area contributed by atoms with Crippen molar-refractivity contribution in [3.8, 4) is 5.75 Å². The van der Waals surface area contributed by atoms with Crippen molar-refractivity contribution in [3.63, 3.8) is 0 Å². The van der Waals surface area contributed by atoms with Crippen molar-refractivity contribution in [1.82, 2.24) is 15.5 Å². The highest BCUT2D eigenvalue weighted by Gasteiger charge is 2.16. The third kappa shape index (κ3) is 4.96. The summed E-state index contributed by atoms with van der Waals surface area (Å²) < 4.78 is 18.4. The topological polar surface area (TPSA) is 67.0 Å². The number of hydrogen-bond acceptors (Lipinski definition) is 3. The lowest BCUT2D eigenvalue weighted by Gasteiger charge is -2.15. The zero-order valence-corrected chi connectivity index (χ0v) is 13.8. The number of aryl methyl sites for hydroxylation is 2. The number of rotatable bonds is 7. The zero-order valence-electron chi connectivity index (χ0n) is 13.0. The fourth-order valence-electron chi connectivity index (χ4n) is 2.08. The summed E-state index contributed by atoms with van der Waals surface area (Å²) in [6.45, 7) is 4.12. The summed E-state index contributed by atoms with van der Waals surface area (Å²) in [5.41, 5.74) is 2.18. The van der Waals surface area contributed by atoms with Crippen LogP contribution in [0.1, 0.15) is 24.6 Å². The van der Waals surface area contributed by atoms with Gasteiger partial charge in [-0.25, -0.2) is 4.39 Å². The number of benzene rings is 1. The van der Waals surface area contributed by atoms with Crippen molar-refractivity contribution in [2.24, 2.45) is 0 Å². The monoisotopic (exact) mass is 339 g/mol. The molecular weight excluding hydrogens is 321 g/mol. The predicted octanol–water partition coefficient (Wildman–Crippen LogP) is 3.03. The van der Waals surface area contributed by atoms with Crippen LogP contribution in [-0.2, 0) is 11.2 Å². The Bertz CT molecular complexity index is 675. The van der Waals surface area contributed by atoms with Gasteiger partial charge in [-0.15, -0.1) is 0 Å². The van der Waals surface area contributed by atoms with E-state index < -0.39 is 11.9 Å². The van der Waals surface area contributed by atoms with Crippen LogP contribution in [0.5, 0.6) is 5.75 Å². The molecule has 23 heavy (non-hydrogen) atoms. The van der Waals surface area contributed by atoms with Crippen LogP contribution in [0.4, 0.5) is 4.39 Å². The van der Waals surface area contributed by atoms with Crippen molar-refractivity contribution >= 4 is 17.5 Å². The molecule has 0 saturated heterocycles. The maximum Gasteiger partial charge on any atom is 0.260 e. The number of hydrogen-bond donors (Lipinski definition) is 2. The highest BCUT2D eigenvalue weighted by atomic mass is 35.5. The maximum atomic E-state index is 13.0. The van der Waals surface area contributed by atoms with Crippen LogP contribution in [0.3, 0.4) is 0 Å². The van der Waals surface area contributed by atoms with Crippen LogP contribution < -0.4 is 10.1 Å². The van der Waals surface area contributed by atoms with E-state index in [0.717, 1.165) is 30.2 Å². The van der Waals surface area contributed by atoms with E-state index in [9.17, 15) is 9.18 Å². The summed E-state index contributed by atoms with van der Waals surface area (Å²) >= 11 is 5.87. The highest BCUT2D eigenvalue weighted by Crippen LogP contribution is 2.25. The summed E-state index contributed by atoms with van der Waals surface area (Å²) in [5, 5.41) is 9.77. The van der Waals surface area contributed by atoms with Gasteiger partial charge in [-0.3, -0.25) is 9.89 Å². The molecule has 2 N–H and O–H groups in total. The Labute approximate surface area is 139 Å². The Morgan fingerprint density at radius 3 is 2.96 bits per heavy atom. The largest absolute Gasteiger partial charge is 0.479 e. The minimum atomic E-state index is -0.714. The van der Waals surface area contributed by atoms with Gasteiger partial charge < -0.3 is 10.1 Å². The SMILES string of the molecule is Cc1[nH]ncc1CCCNC(=O)[C@@H](C)Oc1ccc(F)cc1Cl. The molecule has 0 aliphatic carbocycles. The number of carbonyl (C=O) groups excluding carboxylic acids is 1. The minimum absolute atomic E-state index is 0.139. The van der Waals surface area contributed by atoms with E-state index in [-0.39, 0.29) is 16.7 Å². The number of halogens is 2. The molecule has 2 aromatic rings. The number of carbonyl (C=O) groups is 1. The van der Waals surface area contributed by atoms with Gasteiger partial charge in [-0.05, 0) is 50.5 Å². The van der Waals surface area contributed by atoms with E-state index in [1.807, 2.05) is 6.92 Å². The first kappa shape index (κ1) is 17.3. The minimum Gasteiger partial charge on any atom is -0.479 e. The van der Waals surface area contributed by atoms with Crippen molar-refractivity contribution in [2.45, 2.75) is 32.8 Å². The Hall–Kier alpha value is -2.08. The summed E-state index contributed by atoms with van der Waals surface area (Å²) in [4.78, 5) is 12.0. The summed E-state index contributed by atoms with van der Waals surface area (Å²) in [7, 11) is 0. The molecule has 0 unspecified atom stereocenters. The number of aromatic amines is 1. The van der Waals surface area contributed by atoms with Gasteiger partial charge in [0.05, 0.1) is 11.2 Å². The Morgan fingerprint density at radius 2 is 2.30 bits per heavy atom. The highest BCUT2D eigenvalue weighted by molar-refractivity contribution is 6.32. The predicted molar refractivity (Wildman–Crippen MR) is 86.2 cm³/mol. The number of ether oxygens (including phenoxy) is 1. The van der Waals surface area contributed by atoms with Crippen LogP contribution in [0.15, 0.2) is 24.4 Å². The van der Waals surface area contributed by atoms with Gasteiger partial charge in [0.25, 0.3) is 5.91 Å². The zero-order chi connectivity index (χ0) is 16.8. The number of nitrogens with zero attached hydrogens (tertiary/aromatic N) is 1. The second kappa shape index (κ2) is 7.97. The lowest BCUT2D eigenvalue weighted by molar-refractivity contribution is -0.127. The fourth-order valence-corrected chi connectivity index (χ4v) is 2.29. The fraction of sp³-hybridized carbons (Fsp3) is 0.375. The Kier molecular flexibility index (Phi) is 5.98. The van der Waals surface area contributed by atoms with Gasteiger partial charge in [-0.2, -0.15) is 5.10 Å². The molecule has 0 radical (unpaired) electrons. The Morgan fingerprint density at radius 1 is 1.52 bits per heavy atom. The molecule has 2 rings (SSSR count). The molecule has 1 aromatic heterocycles. The van der Waals surface area contributed by atoms with Crippen molar-refractivity contribution in [2.75, 3.05) is 6.54 Å². The van der Waals surface area contributed by atoms with Gasteiger partial charge in [0, 0.05) is 12.2 Å². The van der Waals surface area contributed by atoms with Gasteiger partial charge in [0.2, 0.25) is 0 Å². The molecule has 5 nitrogen and oxygen atoms in total. The van der Waals surface area contributed by atoms with Crippen LogP contribution in [-0.4, -0.2) is 28.8 Å². The molecule has 0 fully saturated rings. The average molecular weight is 340 g/mol. The van der Waals surface area contributed by atoms with E-state index in [1.165, 1.54) is 12.1 Å². The molecule has 0 spiro atoms. The number of H-pyrrole nitrogens is 1. The standard InChI is InChI=1S/C16H19ClFN3O2/c1-10-12(9-20-21-10)4-3-7-19-16(22)11(2)23-15-6-5-13(18)8-14(15)17/h5-6,8-9,11H,3-4,7H2,1-2H3,(H,19,22)(H,20,21)/t11-/m1/s1. The number of amides is 1. The van der Waals surface area contributed by atoms with E-state index in [2.05, 4.69) is 15.5 Å². The first-order chi connectivity index (χ1) is 11.0. The van der Waals surface area contributed by atoms with E-state index >= 15 is 0 Å². The first-order valence-electron chi connectivity index (χ1n) is 7.35. The van der Waals surface area contributed by atoms with Crippen LogP contribution in [0.25, 0.3) is 0 Å². The summed E-state index contributed by atoms with van der Waals surface area (Å²) in [5.74, 6) is -0.409. The van der Waals surface area contributed by atoms with Gasteiger partial charge in [-0.1, -0.05) is 11.6 Å². The second-order valence-electron chi connectivity index (χ2n) is 5.25. The molecule has 1 aromatic carbocycles. The van der Waals surface area contributed by atoms with Crippen LogP contribution in [0.2, 0.25) is 5.02 Å². The Balaban J connectivity index is 1.75. The molecule has 124 valence electrons. The molecule has 1 atom stereocenters. The molecule has 0 aliphatic rings. The van der Waals surface area contributed by atoms with Crippen LogP contribution >= 0.6 is 11.6 Å². The molecule has 7 heteroatoms. The lowest BCUT2D eigenvalue weighted by Crippen LogP contribution is -2.37. The smallest absolute Gasteiger partial charge is 0.260 e. The molecule has 0 aliphatic heterocycles. The molecule has 0 bridgehead atoms. The van der Waals surface area contributed by atoms with Gasteiger partial charge >= 0.3 is 0 Å². The number of nitrogens with one attached hydrogen (secondary N) is 2. The molecule has 1 amide bonds. The van der Waals surface area contributed by atoms with Crippen molar-refractivity contribution in [3.05, 3.63) is 46.5 Å². The van der Waals surface area contributed by atoms with E-state index in [0.29, 0.717) is 6.54 Å². The normalized spacial score (nSPS) is 12.0. The third-order valence-corrected chi connectivity index (χ3v) is 3.72. The maximum absolute atomic E-state index is 13.0. The van der Waals surface area contributed by atoms with Gasteiger partial charge in [0.15, 0.2) is 6.10 Å². The average Bonchev–Trinajstić information content (AvgIpc) is 2.91. The van der Waals surface area contributed by atoms with Crippen molar-refractivity contribution in [1.29, 1.82) is 0 Å². The summed E-state index contributed by atoms with van der Waals surface area (Å²) in [6, 6.07) is 3.79. The number of aromatic nitrogens is 2. The molecular formula is C16H19ClFN3O2. The van der Waals surface area contributed by atoms with E-state index in [1.54, 1.807) is 13.1 Å². The van der Waals surface area contributed by atoms with Crippen molar-refractivity contribution < 1.29 is 13.9 Å². The van der Waals surface area contributed by atoms with Gasteiger partial charge in [0.1, 0.15) is 11.6 Å². The molecule has 1 heterocycles. The molecule has 0 saturated carbocycles. The third-order valence-electron chi connectivity index (χ3n) is 3.42. The quantitative estimate of drug-likeness (QED) is 0.762. The van der Waals surface area contributed by atoms with E-state index in [4.69, 9.17) is 16.3 Å². The van der Waals surface area contributed by atoms with Crippen LogP contribution in [0, 0.1) is 12.7 Å². The first-order valence-corrected chi connectivity index (χ1v) is 7.73.